The molecule has 0 heterocycles. The van der Waals surface area contributed by atoms with Crippen molar-refractivity contribution in [2.24, 2.45) is 56.7 Å². The molecule has 5 fully saturated rings. The van der Waals surface area contributed by atoms with E-state index < -0.39 is 11.4 Å². The van der Waals surface area contributed by atoms with Crippen molar-refractivity contribution in [1.29, 1.82) is 0 Å². The van der Waals surface area contributed by atoms with E-state index in [1.165, 1.54) is 31.3 Å². The fourth-order valence-corrected chi connectivity index (χ4v) is 11.5. The van der Waals surface area contributed by atoms with Crippen molar-refractivity contribution < 1.29 is 15.0 Å². The van der Waals surface area contributed by atoms with E-state index in [9.17, 15) is 15.0 Å². The third kappa shape index (κ3) is 2.75. The molecule has 0 saturated heterocycles. The summed E-state index contributed by atoms with van der Waals surface area (Å²) in [7, 11) is 0. The molecule has 0 aromatic rings. The normalized spacial score (nSPS) is 55.0. The van der Waals surface area contributed by atoms with Gasteiger partial charge in [-0.1, -0.05) is 46.8 Å². The number of fused-ring (bicyclic) bond motifs is 7. The topological polar surface area (TPSA) is 57.5 Å². The van der Waals surface area contributed by atoms with Gasteiger partial charge in [-0.2, -0.15) is 0 Å². The van der Waals surface area contributed by atoms with Crippen molar-refractivity contribution >= 4 is 5.97 Å². The van der Waals surface area contributed by atoms with Gasteiger partial charge in [0.25, 0.3) is 0 Å². The lowest BCUT2D eigenvalue weighted by Crippen LogP contribution is -2.67. The van der Waals surface area contributed by atoms with Gasteiger partial charge in [0.2, 0.25) is 0 Å². The first-order valence-corrected chi connectivity index (χ1v) is 13.8. The summed E-state index contributed by atoms with van der Waals surface area (Å²) in [6.45, 7) is 18.8. The maximum atomic E-state index is 12.8. The molecule has 0 amide bonds. The molecule has 0 aliphatic heterocycles. The third-order valence-electron chi connectivity index (χ3n) is 13.5. The van der Waals surface area contributed by atoms with Crippen LogP contribution < -0.4 is 0 Å². The summed E-state index contributed by atoms with van der Waals surface area (Å²) < 4.78 is 0. The second-order valence-corrected chi connectivity index (χ2v) is 14.5. The number of carboxylic acid groups (broad SMARTS) is 1. The van der Waals surface area contributed by atoms with E-state index in [1.807, 2.05) is 0 Å². The molecule has 5 aliphatic carbocycles. The highest BCUT2D eigenvalue weighted by atomic mass is 16.4. The molecule has 3 heteroatoms. The zero-order chi connectivity index (χ0) is 24.2. The minimum absolute atomic E-state index is 0.0202. The lowest BCUT2D eigenvalue weighted by atomic mass is 9.32. The number of aliphatic hydroxyl groups is 1. The van der Waals surface area contributed by atoms with Gasteiger partial charge in [0.15, 0.2) is 0 Å². The SMILES string of the molecule is C=C(C)[C@H]1CC[C@]2(C(=O)O)CC[C@]3(C)[C@@H](CC[C@H]4[C@@]5(C)CC[C@@H](O)C(C)(C)[C@@H]5CC[C@@]43C)[C@H]12. The number of carbonyl (C=O) groups is 1. The summed E-state index contributed by atoms with van der Waals surface area (Å²) in [5, 5.41) is 21.4. The van der Waals surface area contributed by atoms with Crippen LogP contribution in [0.4, 0.5) is 0 Å². The van der Waals surface area contributed by atoms with Gasteiger partial charge < -0.3 is 10.2 Å². The van der Waals surface area contributed by atoms with Gasteiger partial charge in [-0.15, -0.1) is 0 Å². The van der Waals surface area contributed by atoms with Crippen LogP contribution in [-0.4, -0.2) is 22.3 Å². The standard InChI is InChI=1S/C30H48O3/c1-18(2)19-10-15-30(25(32)33)17-16-28(6)20(24(19)30)8-9-22-27(5)13-12-23(31)26(3,4)21(27)11-14-29(22,28)7/h19-24,31H,1,8-17H2,2-7H3,(H,32,33)/t19-,20+,21+,22+,23-,24+,27+,28-,29+,30+/m1/s1. The Balaban J connectivity index is 1.57. The molecule has 0 unspecified atom stereocenters. The van der Waals surface area contributed by atoms with Crippen molar-refractivity contribution in [2.45, 2.75) is 112 Å². The summed E-state index contributed by atoms with van der Waals surface area (Å²) in [5.41, 5.74) is 1.35. The lowest BCUT2D eigenvalue weighted by Gasteiger charge is -2.72. The molecular formula is C30H48O3. The van der Waals surface area contributed by atoms with Crippen molar-refractivity contribution in [3.05, 3.63) is 12.2 Å². The molecule has 0 spiro atoms. The number of allylic oxidation sites excluding steroid dienone is 1. The minimum Gasteiger partial charge on any atom is -0.481 e. The Morgan fingerprint density at radius 3 is 2.15 bits per heavy atom. The summed E-state index contributed by atoms with van der Waals surface area (Å²) in [6.07, 6.45) is 10.5. The first-order valence-electron chi connectivity index (χ1n) is 13.8. The van der Waals surface area contributed by atoms with Crippen LogP contribution in [-0.2, 0) is 4.79 Å². The predicted molar refractivity (Wildman–Crippen MR) is 133 cm³/mol. The summed E-state index contributed by atoms with van der Waals surface area (Å²) in [5.74, 6) is 1.79. The maximum absolute atomic E-state index is 12.8. The average Bonchev–Trinajstić information content (AvgIpc) is 3.13. The largest absolute Gasteiger partial charge is 0.481 e. The molecule has 5 rings (SSSR count). The summed E-state index contributed by atoms with van der Waals surface area (Å²) >= 11 is 0. The molecule has 0 radical (unpaired) electrons. The summed E-state index contributed by atoms with van der Waals surface area (Å²) in [4.78, 5) is 12.8. The van der Waals surface area contributed by atoms with Gasteiger partial charge in [0.1, 0.15) is 0 Å². The van der Waals surface area contributed by atoms with Crippen LogP contribution in [0.15, 0.2) is 12.2 Å². The third-order valence-corrected chi connectivity index (χ3v) is 13.5. The van der Waals surface area contributed by atoms with E-state index in [0.29, 0.717) is 23.7 Å². The number of aliphatic hydroxyl groups excluding tert-OH is 1. The fraction of sp³-hybridized carbons (Fsp3) is 0.900. The van der Waals surface area contributed by atoms with Crippen LogP contribution in [0.2, 0.25) is 0 Å². The zero-order valence-corrected chi connectivity index (χ0v) is 22.0. The number of hydrogen-bond acceptors (Lipinski definition) is 2. The molecule has 0 aromatic carbocycles. The van der Waals surface area contributed by atoms with Crippen molar-refractivity contribution in [2.75, 3.05) is 0 Å². The molecule has 2 N–H and O–H groups in total. The highest BCUT2D eigenvalue weighted by molar-refractivity contribution is 5.76. The minimum atomic E-state index is -0.538. The van der Waals surface area contributed by atoms with E-state index in [2.05, 4.69) is 48.1 Å². The maximum Gasteiger partial charge on any atom is 0.309 e. The predicted octanol–water partition coefficient (Wildman–Crippen LogP) is 7.09. The Bertz CT molecular complexity index is 861. The monoisotopic (exact) mass is 456 g/mol. The molecule has 3 nitrogen and oxygen atoms in total. The first kappa shape index (κ1) is 23.9. The lowest BCUT2D eigenvalue weighted by molar-refractivity contribution is -0.248. The van der Waals surface area contributed by atoms with E-state index in [4.69, 9.17) is 0 Å². The average molecular weight is 457 g/mol. The molecular weight excluding hydrogens is 408 g/mol. The van der Waals surface area contributed by atoms with E-state index >= 15 is 0 Å². The van der Waals surface area contributed by atoms with E-state index in [-0.39, 0.29) is 33.7 Å². The second kappa shape index (κ2) is 7.11. The van der Waals surface area contributed by atoms with Gasteiger partial charge in [-0.25, -0.2) is 0 Å². The van der Waals surface area contributed by atoms with Gasteiger partial charge in [-0.05, 0) is 122 Å². The van der Waals surface area contributed by atoms with Crippen molar-refractivity contribution in [3.63, 3.8) is 0 Å². The van der Waals surface area contributed by atoms with Crippen molar-refractivity contribution in [1.82, 2.24) is 0 Å². The molecule has 5 saturated carbocycles. The molecule has 33 heavy (non-hydrogen) atoms. The smallest absolute Gasteiger partial charge is 0.309 e. The Morgan fingerprint density at radius 1 is 0.818 bits per heavy atom. The molecule has 186 valence electrons. The van der Waals surface area contributed by atoms with Crippen LogP contribution in [0.5, 0.6) is 0 Å². The van der Waals surface area contributed by atoms with Crippen LogP contribution in [0.25, 0.3) is 0 Å². The van der Waals surface area contributed by atoms with Gasteiger partial charge >= 0.3 is 5.97 Å². The highest BCUT2D eigenvalue weighted by Gasteiger charge is 2.71. The molecule has 5 aliphatic rings. The van der Waals surface area contributed by atoms with Crippen LogP contribution in [0.3, 0.4) is 0 Å². The zero-order valence-electron chi connectivity index (χ0n) is 22.0. The molecule has 10 atom stereocenters. The van der Waals surface area contributed by atoms with Gasteiger partial charge in [-0.3, -0.25) is 4.79 Å². The number of aliphatic carboxylic acids is 1. The Hall–Kier alpha value is -0.830. The van der Waals surface area contributed by atoms with Crippen molar-refractivity contribution in [3.8, 4) is 0 Å². The number of carboxylic acids is 1. The van der Waals surface area contributed by atoms with Gasteiger partial charge in [0, 0.05) is 0 Å². The van der Waals surface area contributed by atoms with Crippen LogP contribution in [0.1, 0.15) is 106 Å². The number of hydrogen-bond donors (Lipinski definition) is 2. The molecule has 0 aromatic heterocycles. The van der Waals surface area contributed by atoms with E-state index in [0.717, 1.165) is 38.5 Å². The second-order valence-electron chi connectivity index (χ2n) is 14.5. The first-order chi connectivity index (χ1) is 15.3. The fourth-order valence-electron chi connectivity index (χ4n) is 11.5. The molecule has 0 bridgehead atoms. The number of rotatable bonds is 2. The Labute approximate surface area is 201 Å². The quantitative estimate of drug-likeness (QED) is 0.436. The summed E-state index contributed by atoms with van der Waals surface area (Å²) in [6, 6.07) is 0. The van der Waals surface area contributed by atoms with Gasteiger partial charge in [0.05, 0.1) is 11.5 Å². The highest BCUT2D eigenvalue weighted by Crippen LogP contribution is 2.77. The van der Waals surface area contributed by atoms with E-state index in [1.54, 1.807) is 0 Å². The van der Waals surface area contributed by atoms with Crippen LogP contribution >= 0.6 is 0 Å². The Kier molecular flexibility index (Phi) is 5.15. The Morgan fingerprint density at radius 2 is 1.52 bits per heavy atom. The van der Waals surface area contributed by atoms with Crippen LogP contribution in [0, 0.1) is 56.7 Å².